The smallest absolute Gasteiger partial charge is 0.0249 e. The average molecular weight is 240 g/mol. The van der Waals surface area contributed by atoms with Gasteiger partial charge in [0.25, 0.3) is 0 Å². The summed E-state index contributed by atoms with van der Waals surface area (Å²) in [6.45, 7) is 16.5. The number of rotatable bonds is 5. The maximum atomic E-state index is 3.65. The summed E-state index contributed by atoms with van der Waals surface area (Å²) in [6.07, 6.45) is 3.82. The van der Waals surface area contributed by atoms with Crippen LogP contribution in [-0.4, -0.2) is 35.6 Å². The molecule has 0 aliphatic carbocycles. The number of nitrogens with zero attached hydrogens (tertiary/aromatic N) is 1. The normalized spacial score (nSPS) is 27.7. The highest BCUT2D eigenvalue weighted by Crippen LogP contribution is 2.33. The first-order chi connectivity index (χ1) is 8.00. The molecule has 0 aromatic carbocycles. The zero-order valence-electron chi connectivity index (χ0n) is 12.7. The predicted octanol–water partition coefficient (Wildman–Crippen LogP) is 3.27. The van der Waals surface area contributed by atoms with Crippen molar-refractivity contribution < 1.29 is 0 Å². The second-order valence-corrected chi connectivity index (χ2v) is 6.06. The topological polar surface area (TPSA) is 15.3 Å². The van der Waals surface area contributed by atoms with E-state index in [9.17, 15) is 0 Å². The molecule has 102 valence electrons. The Morgan fingerprint density at radius 1 is 1.18 bits per heavy atom. The van der Waals surface area contributed by atoms with E-state index in [1.165, 1.54) is 25.8 Å². The van der Waals surface area contributed by atoms with E-state index in [0.29, 0.717) is 17.6 Å². The van der Waals surface area contributed by atoms with Crippen LogP contribution in [0.15, 0.2) is 0 Å². The highest BCUT2D eigenvalue weighted by Gasteiger charge is 2.40. The van der Waals surface area contributed by atoms with Gasteiger partial charge in [-0.1, -0.05) is 34.6 Å². The van der Waals surface area contributed by atoms with Gasteiger partial charge in [-0.2, -0.15) is 0 Å². The molecule has 1 saturated heterocycles. The Morgan fingerprint density at radius 3 is 2.12 bits per heavy atom. The molecule has 0 amide bonds. The number of piperazine rings is 1. The molecule has 0 aromatic heterocycles. The Labute approximate surface area is 108 Å². The summed E-state index contributed by atoms with van der Waals surface area (Å²) in [4.78, 5) is 2.82. The fourth-order valence-electron chi connectivity index (χ4n) is 3.43. The highest BCUT2D eigenvalue weighted by molar-refractivity contribution is 4.97. The fraction of sp³-hybridized carbons (Fsp3) is 1.00. The number of hydrogen-bond acceptors (Lipinski definition) is 2. The molecule has 1 heterocycles. The van der Waals surface area contributed by atoms with Crippen molar-refractivity contribution in [3.8, 4) is 0 Å². The third kappa shape index (κ3) is 3.03. The molecule has 1 N–H and O–H groups in total. The molecule has 1 aliphatic rings. The van der Waals surface area contributed by atoms with Crippen LogP contribution in [0.5, 0.6) is 0 Å². The van der Waals surface area contributed by atoms with Crippen LogP contribution in [0.4, 0.5) is 0 Å². The van der Waals surface area contributed by atoms with E-state index < -0.39 is 0 Å². The Kier molecular flexibility index (Phi) is 5.46. The molecule has 0 aromatic rings. The molecule has 0 spiro atoms. The zero-order valence-corrected chi connectivity index (χ0v) is 12.7. The maximum Gasteiger partial charge on any atom is 0.0249 e. The lowest BCUT2D eigenvalue weighted by Gasteiger charge is -2.52. The van der Waals surface area contributed by atoms with Gasteiger partial charge in [0.15, 0.2) is 0 Å². The van der Waals surface area contributed by atoms with Crippen LogP contribution >= 0.6 is 0 Å². The van der Waals surface area contributed by atoms with Gasteiger partial charge in [0.1, 0.15) is 0 Å². The van der Waals surface area contributed by atoms with Crippen LogP contribution in [0.1, 0.15) is 60.8 Å². The minimum atomic E-state index is 0.422. The van der Waals surface area contributed by atoms with Crippen LogP contribution in [0, 0.1) is 5.92 Å². The summed E-state index contributed by atoms with van der Waals surface area (Å²) in [5.41, 5.74) is 0.422. The molecule has 17 heavy (non-hydrogen) atoms. The van der Waals surface area contributed by atoms with Gasteiger partial charge in [0.2, 0.25) is 0 Å². The first-order valence-corrected chi connectivity index (χ1v) is 7.50. The fourth-order valence-corrected chi connectivity index (χ4v) is 3.43. The van der Waals surface area contributed by atoms with E-state index >= 15 is 0 Å². The van der Waals surface area contributed by atoms with Gasteiger partial charge in [-0.15, -0.1) is 0 Å². The monoisotopic (exact) mass is 240 g/mol. The molecule has 2 unspecified atom stereocenters. The van der Waals surface area contributed by atoms with Crippen molar-refractivity contribution in [1.29, 1.82) is 0 Å². The lowest BCUT2D eigenvalue weighted by molar-refractivity contribution is -0.0149. The van der Waals surface area contributed by atoms with E-state index in [4.69, 9.17) is 0 Å². The molecule has 2 nitrogen and oxygen atoms in total. The largest absolute Gasteiger partial charge is 0.311 e. The molecule has 2 heteroatoms. The Hall–Kier alpha value is -0.0800. The molecular formula is C15H32N2. The van der Waals surface area contributed by atoms with E-state index in [2.05, 4.69) is 51.8 Å². The standard InChI is InChI=1S/C15H32N2/c1-7-15(8-2,9-3)17-11-13(6)16-10-14(17)12(4)5/h12-14,16H,7-11H2,1-6H3. The van der Waals surface area contributed by atoms with Gasteiger partial charge in [-0.25, -0.2) is 0 Å². The summed E-state index contributed by atoms with van der Waals surface area (Å²) >= 11 is 0. The third-order valence-corrected chi connectivity index (χ3v) is 4.90. The average Bonchev–Trinajstić information content (AvgIpc) is 2.32. The van der Waals surface area contributed by atoms with Crippen LogP contribution in [0.2, 0.25) is 0 Å². The quantitative estimate of drug-likeness (QED) is 0.793. The molecular weight excluding hydrogens is 208 g/mol. The van der Waals surface area contributed by atoms with Gasteiger partial charge in [-0.05, 0) is 32.1 Å². The SMILES string of the molecule is CCC(CC)(CC)N1CC(C)NCC1C(C)C. The summed E-state index contributed by atoms with van der Waals surface area (Å²) in [5.74, 6) is 0.735. The molecule has 0 saturated carbocycles. The Balaban J connectivity index is 2.94. The van der Waals surface area contributed by atoms with Crippen molar-refractivity contribution in [3.05, 3.63) is 0 Å². The molecule has 1 fully saturated rings. The minimum Gasteiger partial charge on any atom is -0.311 e. The summed E-state index contributed by atoms with van der Waals surface area (Å²) in [5, 5.41) is 3.65. The van der Waals surface area contributed by atoms with Crippen molar-refractivity contribution in [3.63, 3.8) is 0 Å². The van der Waals surface area contributed by atoms with E-state index in [0.717, 1.165) is 12.5 Å². The van der Waals surface area contributed by atoms with E-state index in [-0.39, 0.29) is 0 Å². The number of nitrogens with one attached hydrogen (secondary N) is 1. The van der Waals surface area contributed by atoms with Crippen molar-refractivity contribution >= 4 is 0 Å². The van der Waals surface area contributed by atoms with Gasteiger partial charge >= 0.3 is 0 Å². The van der Waals surface area contributed by atoms with E-state index in [1.807, 2.05) is 0 Å². The minimum absolute atomic E-state index is 0.422. The highest BCUT2D eigenvalue weighted by atomic mass is 15.3. The van der Waals surface area contributed by atoms with Crippen molar-refractivity contribution in [2.75, 3.05) is 13.1 Å². The molecule has 1 rings (SSSR count). The zero-order chi connectivity index (χ0) is 13.1. The maximum absolute atomic E-state index is 3.65. The first-order valence-electron chi connectivity index (χ1n) is 7.50. The van der Waals surface area contributed by atoms with Gasteiger partial charge in [-0.3, -0.25) is 4.90 Å². The van der Waals surface area contributed by atoms with Crippen LogP contribution in [0.25, 0.3) is 0 Å². The lowest BCUT2D eigenvalue weighted by atomic mass is 9.83. The number of hydrogen-bond donors (Lipinski definition) is 1. The molecule has 1 aliphatic heterocycles. The van der Waals surface area contributed by atoms with Crippen molar-refractivity contribution in [1.82, 2.24) is 10.2 Å². The second kappa shape index (κ2) is 6.19. The molecule has 0 radical (unpaired) electrons. The van der Waals surface area contributed by atoms with Gasteiger partial charge in [0.05, 0.1) is 0 Å². The van der Waals surface area contributed by atoms with Gasteiger partial charge in [0, 0.05) is 30.7 Å². The summed E-state index contributed by atoms with van der Waals surface area (Å²) < 4.78 is 0. The Bertz CT molecular complexity index is 213. The van der Waals surface area contributed by atoms with Gasteiger partial charge < -0.3 is 5.32 Å². The first kappa shape index (κ1) is 15.0. The van der Waals surface area contributed by atoms with Crippen LogP contribution in [-0.2, 0) is 0 Å². The van der Waals surface area contributed by atoms with Crippen molar-refractivity contribution in [2.45, 2.75) is 78.4 Å². The molecule has 2 atom stereocenters. The van der Waals surface area contributed by atoms with Crippen LogP contribution in [0.3, 0.4) is 0 Å². The summed E-state index contributed by atoms with van der Waals surface area (Å²) in [7, 11) is 0. The summed E-state index contributed by atoms with van der Waals surface area (Å²) in [6, 6.07) is 1.33. The lowest BCUT2D eigenvalue weighted by Crippen LogP contribution is -2.64. The Morgan fingerprint density at radius 2 is 1.71 bits per heavy atom. The van der Waals surface area contributed by atoms with Crippen molar-refractivity contribution in [2.24, 2.45) is 5.92 Å². The predicted molar refractivity (Wildman–Crippen MR) is 76.4 cm³/mol. The van der Waals surface area contributed by atoms with Crippen LogP contribution < -0.4 is 5.32 Å². The third-order valence-electron chi connectivity index (χ3n) is 4.90. The molecule has 0 bridgehead atoms. The van der Waals surface area contributed by atoms with E-state index in [1.54, 1.807) is 0 Å². The second-order valence-electron chi connectivity index (χ2n) is 6.06.